The molecule has 0 aliphatic carbocycles. The molecule has 0 aliphatic rings. The summed E-state index contributed by atoms with van der Waals surface area (Å²) in [5.41, 5.74) is 1.83. The second-order valence-electron chi connectivity index (χ2n) is 4.40. The van der Waals surface area contributed by atoms with Gasteiger partial charge in [-0.2, -0.15) is 8.78 Å². The molecule has 1 aromatic heterocycles. The molecule has 1 aromatic carbocycles. The molecule has 0 fully saturated rings. The highest BCUT2D eigenvalue weighted by molar-refractivity contribution is 5.69. The fourth-order valence-corrected chi connectivity index (χ4v) is 1.55. The van der Waals surface area contributed by atoms with Crippen molar-refractivity contribution in [3.8, 4) is 5.75 Å². The minimum Gasteiger partial charge on any atom is -0.487 e. The van der Waals surface area contributed by atoms with Crippen molar-refractivity contribution < 1.29 is 22.3 Å². The van der Waals surface area contributed by atoms with Crippen LogP contribution in [0.4, 0.5) is 17.6 Å². The number of hydrogen-bond acceptors (Lipinski definition) is 1. The maximum Gasteiger partial charge on any atom is 0.340 e. The highest BCUT2D eigenvalue weighted by atomic mass is 19.3. The molecule has 0 saturated heterocycles. The molecule has 0 radical (unpaired) electrons. The average Bonchev–Trinajstić information content (AvgIpc) is 2.97. The SMILES string of the molecule is FC(F)C(F)(F)COc1ccc(C=Cc2cc[nH]c2)cc1. The molecular formula is C15H13F4NO. The van der Waals surface area contributed by atoms with Crippen LogP contribution in [0.2, 0.25) is 0 Å². The molecule has 0 aliphatic heterocycles. The smallest absolute Gasteiger partial charge is 0.340 e. The van der Waals surface area contributed by atoms with Crippen LogP contribution >= 0.6 is 0 Å². The third-order valence-electron chi connectivity index (χ3n) is 2.72. The van der Waals surface area contributed by atoms with Gasteiger partial charge < -0.3 is 9.72 Å². The van der Waals surface area contributed by atoms with Gasteiger partial charge in [0.1, 0.15) is 5.75 Å². The van der Waals surface area contributed by atoms with Crippen LogP contribution in [0.3, 0.4) is 0 Å². The van der Waals surface area contributed by atoms with E-state index < -0.39 is 19.0 Å². The second kappa shape index (κ2) is 6.47. The van der Waals surface area contributed by atoms with Gasteiger partial charge in [0.2, 0.25) is 0 Å². The number of ether oxygens (including phenoxy) is 1. The van der Waals surface area contributed by atoms with Crippen LogP contribution in [0.25, 0.3) is 12.2 Å². The Morgan fingerprint density at radius 1 is 1.05 bits per heavy atom. The summed E-state index contributed by atoms with van der Waals surface area (Å²) in [5, 5.41) is 0. The zero-order valence-electron chi connectivity index (χ0n) is 10.9. The molecule has 0 atom stereocenters. The molecule has 0 amide bonds. The molecule has 0 spiro atoms. The van der Waals surface area contributed by atoms with E-state index in [1.807, 2.05) is 24.4 Å². The monoisotopic (exact) mass is 299 g/mol. The number of H-pyrrole nitrogens is 1. The fraction of sp³-hybridized carbons (Fsp3) is 0.200. The van der Waals surface area contributed by atoms with Crippen molar-refractivity contribution in [3.63, 3.8) is 0 Å². The summed E-state index contributed by atoms with van der Waals surface area (Å²) < 4.78 is 54.0. The molecular weight excluding hydrogens is 286 g/mol. The lowest BCUT2D eigenvalue weighted by atomic mass is 10.2. The van der Waals surface area contributed by atoms with Crippen LogP contribution in [0.5, 0.6) is 5.75 Å². The summed E-state index contributed by atoms with van der Waals surface area (Å²) in [4.78, 5) is 2.91. The average molecular weight is 299 g/mol. The first-order valence-corrected chi connectivity index (χ1v) is 6.17. The highest BCUT2D eigenvalue weighted by Gasteiger charge is 2.41. The number of rotatable bonds is 6. The summed E-state index contributed by atoms with van der Waals surface area (Å²) in [7, 11) is 0. The van der Waals surface area contributed by atoms with Gasteiger partial charge in [0, 0.05) is 12.4 Å². The third kappa shape index (κ3) is 4.37. The van der Waals surface area contributed by atoms with E-state index in [1.54, 1.807) is 18.3 Å². The third-order valence-corrected chi connectivity index (χ3v) is 2.72. The maximum absolute atomic E-state index is 12.7. The summed E-state index contributed by atoms with van der Waals surface area (Å²) in [5.74, 6) is -4.03. The summed E-state index contributed by atoms with van der Waals surface area (Å²) >= 11 is 0. The molecule has 1 heterocycles. The van der Waals surface area contributed by atoms with Crippen LogP contribution in [0, 0.1) is 0 Å². The topological polar surface area (TPSA) is 25.0 Å². The molecule has 21 heavy (non-hydrogen) atoms. The standard InChI is InChI=1S/C15H13F4NO/c16-14(17)15(18,19)10-21-13-5-3-11(4-6-13)1-2-12-7-8-20-9-12/h1-9,14,20H,10H2. The predicted octanol–water partition coefficient (Wildman–Crippen LogP) is 4.46. The first kappa shape index (κ1) is 15.2. The second-order valence-corrected chi connectivity index (χ2v) is 4.40. The van der Waals surface area contributed by atoms with Gasteiger partial charge in [0.25, 0.3) is 0 Å². The van der Waals surface area contributed by atoms with Gasteiger partial charge in [-0.25, -0.2) is 8.78 Å². The lowest BCUT2D eigenvalue weighted by Gasteiger charge is -2.15. The Hall–Kier alpha value is -2.24. The predicted molar refractivity (Wildman–Crippen MR) is 72.6 cm³/mol. The Morgan fingerprint density at radius 2 is 1.71 bits per heavy atom. The Bertz CT molecular complexity index is 576. The largest absolute Gasteiger partial charge is 0.487 e. The first-order valence-electron chi connectivity index (χ1n) is 6.17. The zero-order chi connectivity index (χ0) is 15.3. The van der Waals surface area contributed by atoms with E-state index >= 15 is 0 Å². The first-order chi connectivity index (χ1) is 9.97. The number of aromatic amines is 1. The Labute approximate surface area is 119 Å². The molecule has 2 aromatic rings. The number of hydrogen-bond donors (Lipinski definition) is 1. The van der Waals surface area contributed by atoms with E-state index in [9.17, 15) is 17.6 Å². The van der Waals surface area contributed by atoms with Gasteiger partial charge in [0.05, 0.1) is 0 Å². The quantitative estimate of drug-likeness (QED) is 0.782. The molecule has 112 valence electrons. The van der Waals surface area contributed by atoms with Crippen LogP contribution in [0.15, 0.2) is 42.7 Å². The minimum absolute atomic E-state index is 0.120. The van der Waals surface area contributed by atoms with Crippen LogP contribution in [0.1, 0.15) is 11.1 Å². The van der Waals surface area contributed by atoms with Gasteiger partial charge in [-0.15, -0.1) is 0 Å². The molecule has 2 nitrogen and oxygen atoms in total. The van der Waals surface area contributed by atoms with Gasteiger partial charge in [-0.3, -0.25) is 0 Å². The van der Waals surface area contributed by atoms with E-state index in [0.717, 1.165) is 11.1 Å². The van der Waals surface area contributed by atoms with Crippen molar-refractivity contribution in [2.75, 3.05) is 6.61 Å². The van der Waals surface area contributed by atoms with Gasteiger partial charge in [-0.05, 0) is 29.3 Å². The van der Waals surface area contributed by atoms with Crippen molar-refractivity contribution in [3.05, 3.63) is 53.9 Å². The lowest BCUT2D eigenvalue weighted by Crippen LogP contribution is -2.33. The van der Waals surface area contributed by atoms with Crippen molar-refractivity contribution >= 4 is 12.2 Å². The van der Waals surface area contributed by atoms with E-state index in [-0.39, 0.29) is 5.75 Å². The molecule has 2 rings (SSSR count). The molecule has 0 saturated carbocycles. The summed E-state index contributed by atoms with van der Waals surface area (Å²) in [6, 6.07) is 8.11. The van der Waals surface area contributed by atoms with E-state index in [1.165, 1.54) is 12.1 Å². The van der Waals surface area contributed by atoms with Gasteiger partial charge in [0.15, 0.2) is 6.61 Å². The maximum atomic E-state index is 12.7. The van der Waals surface area contributed by atoms with Crippen molar-refractivity contribution in [2.45, 2.75) is 12.3 Å². The highest BCUT2D eigenvalue weighted by Crippen LogP contribution is 2.24. The van der Waals surface area contributed by atoms with Crippen molar-refractivity contribution in [1.29, 1.82) is 0 Å². The van der Waals surface area contributed by atoms with Gasteiger partial charge in [-0.1, -0.05) is 24.3 Å². The molecule has 6 heteroatoms. The minimum atomic E-state index is -4.15. The number of alkyl halides is 4. The van der Waals surface area contributed by atoms with Crippen LogP contribution in [-0.4, -0.2) is 23.9 Å². The Morgan fingerprint density at radius 3 is 2.29 bits per heavy atom. The van der Waals surface area contributed by atoms with Crippen LogP contribution < -0.4 is 4.74 Å². The number of benzene rings is 1. The van der Waals surface area contributed by atoms with Crippen molar-refractivity contribution in [2.24, 2.45) is 0 Å². The number of halogens is 4. The summed E-state index contributed by atoms with van der Waals surface area (Å²) in [6.07, 6.45) is 3.58. The van der Waals surface area contributed by atoms with E-state index in [2.05, 4.69) is 9.72 Å². The molecule has 0 bridgehead atoms. The lowest BCUT2D eigenvalue weighted by molar-refractivity contribution is -0.148. The normalized spacial score (nSPS) is 12.2. The zero-order valence-corrected chi connectivity index (χ0v) is 10.9. The number of aromatic nitrogens is 1. The van der Waals surface area contributed by atoms with E-state index in [4.69, 9.17) is 0 Å². The number of nitrogens with one attached hydrogen (secondary N) is 1. The fourth-order valence-electron chi connectivity index (χ4n) is 1.55. The molecule has 0 unspecified atom stereocenters. The van der Waals surface area contributed by atoms with E-state index in [0.29, 0.717) is 0 Å². The Balaban J connectivity index is 1.93. The van der Waals surface area contributed by atoms with Gasteiger partial charge >= 0.3 is 12.3 Å². The summed E-state index contributed by atoms with van der Waals surface area (Å²) in [6.45, 7) is -1.34. The molecule has 1 N–H and O–H groups in total. The Kier molecular flexibility index (Phi) is 4.67. The van der Waals surface area contributed by atoms with Crippen LogP contribution in [-0.2, 0) is 0 Å². The van der Waals surface area contributed by atoms with Crippen molar-refractivity contribution in [1.82, 2.24) is 4.98 Å².